The quantitative estimate of drug-likeness (QED) is 0.643. The molecule has 1 aliphatic rings. The van der Waals surface area contributed by atoms with Crippen LogP contribution in [0, 0.1) is 11.8 Å². The summed E-state index contributed by atoms with van der Waals surface area (Å²) in [7, 11) is 0. The molecule has 0 aromatic heterocycles. The number of carbonyl (C=O) groups excluding carboxylic acids is 1. The molecule has 0 heterocycles. The normalized spacial score (nSPS) is 17.5. The van der Waals surface area contributed by atoms with Crippen molar-refractivity contribution in [1.82, 2.24) is 5.32 Å². The molecule has 1 aliphatic carbocycles. The molecular formula is C12H24N2O. The third-order valence-electron chi connectivity index (χ3n) is 3.10. The largest absolute Gasteiger partial charge is 0.356 e. The number of carbonyl (C=O) groups is 1. The maximum Gasteiger partial charge on any atom is 0.220 e. The molecule has 3 nitrogen and oxygen atoms in total. The summed E-state index contributed by atoms with van der Waals surface area (Å²) in [6.45, 7) is 3.75. The van der Waals surface area contributed by atoms with E-state index in [1.54, 1.807) is 0 Å². The Balaban J connectivity index is 1.92. The van der Waals surface area contributed by atoms with Crippen molar-refractivity contribution in [2.45, 2.75) is 45.4 Å². The summed E-state index contributed by atoms with van der Waals surface area (Å²) >= 11 is 0. The van der Waals surface area contributed by atoms with Crippen LogP contribution in [0.2, 0.25) is 0 Å². The van der Waals surface area contributed by atoms with Crippen molar-refractivity contribution >= 4 is 5.91 Å². The highest BCUT2D eigenvalue weighted by Crippen LogP contribution is 2.31. The Morgan fingerprint density at radius 2 is 2.20 bits per heavy atom. The highest BCUT2D eigenvalue weighted by molar-refractivity contribution is 5.75. The number of hydrogen-bond donors (Lipinski definition) is 2. The topological polar surface area (TPSA) is 55.1 Å². The zero-order valence-corrected chi connectivity index (χ0v) is 9.80. The fraction of sp³-hybridized carbons (Fsp3) is 0.917. The number of nitrogens with two attached hydrogens (primary N) is 1. The van der Waals surface area contributed by atoms with E-state index in [-0.39, 0.29) is 5.91 Å². The molecule has 1 unspecified atom stereocenters. The zero-order valence-electron chi connectivity index (χ0n) is 9.80. The van der Waals surface area contributed by atoms with E-state index in [4.69, 9.17) is 5.73 Å². The van der Waals surface area contributed by atoms with Gasteiger partial charge in [0.25, 0.3) is 0 Å². The van der Waals surface area contributed by atoms with Crippen molar-refractivity contribution in [2.75, 3.05) is 13.1 Å². The minimum absolute atomic E-state index is 0.208. The predicted octanol–water partition coefficient (Wildman–Crippen LogP) is 1.67. The lowest BCUT2D eigenvalue weighted by Crippen LogP contribution is -2.25. The minimum atomic E-state index is 0.208. The molecule has 0 aromatic rings. The summed E-state index contributed by atoms with van der Waals surface area (Å²) < 4.78 is 0. The van der Waals surface area contributed by atoms with E-state index >= 15 is 0 Å². The molecule has 0 aliphatic heterocycles. The maximum atomic E-state index is 11.4. The van der Waals surface area contributed by atoms with E-state index in [9.17, 15) is 4.79 Å². The molecule has 1 rings (SSSR count). The van der Waals surface area contributed by atoms with Gasteiger partial charge in [0.2, 0.25) is 5.91 Å². The van der Waals surface area contributed by atoms with Crippen molar-refractivity contribution in [2.24, 2.45) is 17.6 Å². The van der Waals surface area contributed by atoms with Crippen molar-refractivity contribution in [3.63, 3.8) is 0 Å². The van der Waals surface area contributed by atoms with Crippen LogP contribution in [0.4, 0.5) is 0 Å². The van der Waals surface area contributed by atoms with E-state index < -0.39 is 0 Å². The minimum Gasteiger partial charge on any atom is -0.356 e. The molecule has 1 amide bonds. The van der Waals surface area contributed by atoms with Crippen molar-refractivity contribution < 1.29 is 4.79 Å². The average Bonchev–Trinajstić information content (AvgIpc) is 2.99. The molecule has 3 heteroatoms. The van der Waals surface area contributed by atoms with Gasteiger partial charge in [-0.2, -0.15) is 0 Å². The molecule has 0 aromatic carbocycles. The molecule has 0 spiro atoms. The molecule has 1 fully saturated rings. The lowest BCUT2D eigenvalue weighted by Gasteiger charge is -2.09. The van der Waals surface area contributed by atoms with Gasteiger partial charge < -0.3 is 11.1 Å². The lowest BCUT2D eigenvalue weighted by molar-refractivity contribution is -0.121. The molecule has 0 bridgehead atoms. The first kappa shape index (κ1) is 12.5. The monoisotopic (exact) mass is 212 g/mol. The first-order valence-electron chi connectivity index (χ1n) is 6.19. The fourth-order valence-electron chi connectivity index (χ4n) is 1.72. The predicted molar refractivity (Wildman–Crippen MR) is 62.4 cm³/mol. The second kappa shape index (κ2) is 6.83. The Kier molecular flexibility index (Phi) is 5.69. The van der Waals surface area contributed by atoms with Crippen molar-refractivity contribution in [3.05, 3.63) is 0 Å². The second-order valence-electron chi connectivity index (χ2n) is 4.80. The van der Waals surface area contributed by atoms with Crippen LogP contribution in [0.15, 0.2) is 0 Å². The molecular weight excluding hydrogens is 188 g/mol. The number of amides is 1. The first-order chi connectivity index (χ1) is 7.22. The summed E-state index contributed by atoms with van der Waals surface area (Å²) in [4.78, 5) is 11.4. The van der Waals surface area contributed by atoms with Crippen LogP contribution in [0.5, 0.6) is 0 Å². The van der Waals surface area contributed by atoms with Crippen LogP contribution < -0.4 is 11.1 Å². The van der Waals surface area contributed by atoms with Gasteiger partial charge in [-0.25, -0.2) is 0 Å². The van der Waals surface area contributed by atoms with Gasteiger partial charge >= 0.3 is 0 Å². The van der Waals surface area contributed by atoms with Crippen LogP contribution in [-0.4, -0.2) is 19.0 Å². The van der Waals surface area contributed by atoms with E-state index in [1.165, 1.54) is 19.3 Å². The van der Waals surface area contributed by atoms with E-state index in [2.05, 4.69) is 12.2 Å². The molecule has 15 heavy (non-hydrogen) atoms. The molecule has 1 atom stereocenters. The maximum absolute atomic E-state index is 11.4. The van der Waals surface area contributed by atoms with Gasteiger partial charge in [-0.15, -0.1) is 0 Å². The van der Waals surface area contributed by atoms with Gasteiger partial charge in [-0.05, 0) is 37.6 Å². The van der Waals surface area contributed by atoms with Crippen molar-refractivity contribution in [3.8, 4) is 0 Å². The third kappa shape index (κ3) is 6.50. The third-order valence-corrected chi connectivity index (χ3v) is 3.10. The summed E-state index contributed by atoms with van der Waals surface area (Å²) in [5, 5.41) is 2.98. The Morgan fingerprint density at radius 3 is 2.80 bits per heavy atom. The standard InChI is InChI=1S/C12H24N2O/c1-10(6-8-13)2-5-12(15)14-9-7-11-3-4-11/h10-11H,2-9,13H2,1H3,(H,14,15). The zero-order chi connectivity index (χ0) is 11.1. The smallest absolute Gasteiger partial charge is 0.220 e. The number of rotatable bonds is 8. The molecule has 0 saturated heterocycles. The van der Waals surface area contributed by atoms with Crippen molar-refractivity contribution in [1.29, 1.82) is 0 Å². The first-order valence-corrected chi connectivity index (χ1v) is 6.19. The molecule has 0 radical (unpaired) electrons. The highest BCUT2D eigenvalue weighted by Gasteiger charge is 2.20. The Hall–Kier alpha value is -0.570. The number of nitrogens with one attached hydrogen (secondary N) is 1. The van der Waals surface area contributed by atoms with Gasteiger partial charge in [-0.1, -0.05) is 19.8 Å². The highest BCUT2D eigenvalue weighted by atomic mass is 16.1. The van der Waals surface area contributed by atoms with Crippen LogP contribution >= 0.6 is 0 Å². The molecule has 1 saturated carbocycles. The summed E-state index contributed by atoms with van der Waals surface area (Å²) in [5.41, 5.74) is 5.46. The average molecular weight is 212 g/mol. The Morgan fingerprint density at radius 1 is 1.47 bits per heavy atom. The van der Waals surface area contributed by atoms with Crippen LogP contribution in [0.3, 0.4) is 0 Å². The van der Waals surface area contributed by atoms with E-state index in [1.807, 2.05) is 0 Å². The van der Waals surface area contributed by atoms with E-state index in [0.717, 1.165) is 31.8 Å². The van der Waals surface area contributed by atoms with Gasteiger partial charge in [0, 0.05) is 13.0 Å². The fourth-order valence-corrected chi connectivity index (χ4v) is 1.72. The van der Waals surface area contributed by atoms with Crippen LogP contribution in [-0.2, 0) is 4.79 Å². The van der Waals surface area contributed by atoms with Gasteiger partial charge in [0.05, 0.1) is 0 Å². The summed E-state index contributed by atoms with van der Waals surface area (Å²) in [6, 6.07) is 0. The molecule has 88 valence electrons. The molecule has 3 N–H and O–H groups in total. The van der Waals surface area contributed by atoms with Gasteiger partial charge in [-0.3, -0.25) is 4.79 Å². The second-order valence-corrected chi connectivity index (χ2v) is 4.80. The van der Waals surface area contributed by atoms with Gasteiger partial charge in [0.15, 0.2) is 0 Å². The Bertz CT molecular complexity index is 190. The summed E-state index contributed by atoms with van der Waals surface area (Å²) in [6.07, 6.45) is 6.55. The number of hydrogen-bond acceptors (Lipinski definition) is 2. The van der Waals surface area contributed by atoms with E-state index in [0.29, 0.717) is 12.3 Å². The lowest BCUT2D eigenvalue weighted by atomic mass is 10.0. The van der Waals surface area contributed by atoms with Gasteiger partial charge in [0.1, 0.15) is 0 Å². The Labute approximate surface area is 92.8 Å². The van der Waals surface area contributed by atoms with Crippen LogP contribution in [0.1, 0.15) is 45.4 Å². The van der Waals surface area contributed by atoms with Crippen LogP contribution in [0.25, 0.3) is 0 Å². The SMILES string of the molecule is CC(CCN)CCC(=O)NCCC1CC1. The summed E-state index contributed by atoms with van der Waals surface area (Å²) in [5.74, 6) is 1.69.